The van der Waals surface area contributed by atoms with E-state index in [0.717, 1.165) is 10.9 Å². The number of ether oxygens (including phenoxy) is 1. The number of hydrogen-bond donors (Lipinski definition) is 2. The number of carbonyl (C=O) groups is 4. The lowest BCUT2D eigenvalue weighted by Crippen LogP contribution is -2.57. The highest BCUT2D eigenvalue weighted by atomic mass is 16.5. The molecule has 0 radical (unpaired) electrons. The number of imide groups is 1. The lowest BCUT2D eigenvalue weighted by atomic mass is 9.95. The van der Waals surface area contributed by atoms with Gasteiger partial charge in [0.1, 0.15) is 12.6 Å². The summed E-state index contributed by atoms with van der Waals surface area (Å²) in [6, 6.07) is 18.2. The maximum Gasteiger partial charge on any atom is 0.408 e. The lowest BCUT2D eigenvalue weighted by Gasteiger charge is -2.29. The van der Waals surface area contributed by atoms with Gasteiger partial charge in [0.2, 0.25) is 0 Å². The summed E-state index contributed by atoms with van der Waals surface area (Å²) >= 11 is 0. The Labute approximate surface area is 189 Å². The largest absolute Gasteiger partial charge is 0.445 e. The molecule has 0 aliphatic carbocycles. The Balaban J connectivity index is 1.59. The molecule has 2 N–H and O–H groups in total. The Kier molecular flexibility index (Phi) is 6.17. The van der Waals surface area contributed by atoms with Crippen LogP contribution in [0.3, 0.4) is 0 Å². The summed E-state index contributed by atoms with van der Waals surface area (Å²) in [4.78, 5) is 51.4. The molecule has 1 atom stereocenters. The van der Waals surface area contributed by atoms with E-state index in [1.54, 1.807) is 48.5 Å². The standard InChI is InChI=1S/C25H21N3O5/c1-2-14-33-25(32)26-20(15-16-8-4-3-5-9-16)22(29)27-28-23(30)18-12-6-10-17-11-7-13-19(21(17)18)24(28)31/h2-13,20H,1,14-15H2,(H,26,32)(H,27,29)/t20-/m0/s1. The second kappa shape index (κ2) is 9.35. The summed E-state index contributed by atoms with van der Waals surface area (Å²) in [6.07, 6.45) is 0.699. The van der Waals surface area contributed by atoms with Crippen LogP contribution in [0, 0.1) is 0 Å². The van der Waals surface area contributed by atoms with Crippen molar-refractivity contribution < 1.29 is 23.9 Å². The van der Waals surface area contributed by atoms with E-state index in [1.807, 2.05) is 18.2 Å². The minimum Gasteiger partial charge on any atom is -0.445 e. The fourth-order valence-corrected chi connectivity index (χ4v) is 3.70. The molecule has 0 saturated heterocycles. The molecule has 1 heterocycles. The van der Waals surface area contributed by atoms with Crippen LogP contribution in [-0.4, -0.2) is 41.5 Å². The van der Waals surface area contributed by atoms with Crippen LogP contribution in [0.5, 0.6) is 0 Å². The summed E-state index contributed by atoms with van der Waals surface area (Å²) in [7, 11) is 0. The van der Waals surface area contributed by atoms with E-state index in [-0.39, 0.29) is 13.0 Å². The smallest absolute Gasteiger partial charge is 0.408 e. The van der Waals surface area contributed by atoms with Crippen LogP contribution < -0.4 is 10.7 Å². The molecule has 0 fully saturated rings. The van der Waals surface area contributed by atoms with Crippen molar-refractivity contribution in [1.82, 2.24) is 15.8 Å². The van der Waals surface area contributed by atoms with Gasteiger partial charge in [-0.3, -0.25) is 19.8 Å². The number of rotatable bonds is 7. The molecule has 0 bridgehead atoms. The topological polar surface area (TPSA) is 105 Å². The second-order valence-corrected chi connectivity index (χ2v) is 7.40. The second-order valence-electron chi connectivity index (χ2n) is 7.40. The van der Waals surface area contributed by atoms with E-state index in [4.69, 9.17) is 4.74 Å². The lowest BCUT2D eigenvalue weighted by molar-refractivity contribution is -0.126. The van der Waals surface area contributed by atoms with Crippen molar-refractivity contribution in [3.8, 4) is 0 Å². The molecular weight excluding hydrogens is 422 g/mol. The first-order valence-electron chi connectivity index (χ1n) is 10.3. The first kappa shape index (κ1) is 21.8. The van der Waals surface area contributed by atoms with Crippen molar-refractivity contribution in [1.29, 1.82) is 0 Å². The molecule has 8 heteroatoms. The molecule has 3 aromatic rings. The summed E-state index contributed by atoms with van der Waals surface area (Å²) in [5.41, 5.74) is 3.77. The minimum atomic E-state index is -1.10. The fraction of sp³-hybridized carbons (Fsp3) is 0.120. The zero-order valence-electron chi connectivity index (χ0n) is 17.6. The van der Waals surface area contributed by atoms with Gasteiger partial charge in [-0.05, 0) is 23.1 Å². The van der Waals surface area contributed by atoms with Crippen molar-refractivity contribution >= 4 is 34.6 Å². The van der Waals surface area contributed by atoms with E-state index < -0.39 is 29.9 Å². The molecule has 3 aromatic carbocycles. The Morgan fingerprint density at radius 3 is 2.18 bits per heavy atom. The van der Waals surface area contributed by atoms with Crippen LogP contribution >= 0.6 is 0 Å². The fourth-order valence-electron chi connectivity index (χ4n) is 3.70. The molecule has 4 rings (SSSR count). The van der Waals surface area contributed by atoms with Crippen LogP contribution in [0.25, 0.3) is 10.8 Å². The van der Waals surface area contributed by atoms with Gasteiger partial charge in [-0.25, -0.2) is 4.79 Å². The van der Waals surface area contributed by atoms with Crippen molar-refractivity contribution in [2.75, 3.05) is 6.61 Å². The molecule has 1 aliphatic heterocycles. The molecule has 166 valence electrons. The van der Waals surface area contributed by atoms with Gasteiger partial charge in [0.25, 0.3) is 17.7 Å². The van der Waals surface area contributed by atoms with Crippen molar-refractivity contribution in [2.45, 2.75) is 12.5 Å². The highest BCUT2D eigenvalue weighted by molar-refractivity contribution is 6.25. The van der Waals surface area contributed by atoms with Gasteiger partial charge in [-0.1, -0.05) is 67.3 Å². The maximum absolute atomic E-state index is 13.1. The molecule has 4 amide bonds. The molecule has 0 aromatic heterocycles. The van der Waals surface area contributed by atoms with Gasteiger partial charge in [-0.2, -0.15) is 5.01 Å². The maximum atomic E-state index is 13.1. The van der Waals surface area contributed by atoms with Crippen molar-refractivity contribution in [2.24, 2.45) is 0 Å². The third kappa shape index (κ3) is 4.45. The Bertz CT molecular complexity index is 1200. The van der Waals surface area contributed by atoms with E-state index in [1.165, 1.54) is 6.08 Å². The molecule has 33 heavy (non-hydrogen) atoms. The number of alkyl carbamates (subject to hydrolysis) is 1. The summed E-state index contributed by atoms with van der Waals surface area (Å²) in [5.74, 6) is -2.03. The predicted molar refractivity (Wildman–Crippen MR) is 121 cm³/mol. The number of hydrazine groups is 1. The molecule has 8 nitrogen and oxygen atoms in total. The zero-order chi connectivity index (χ0) is 23.4. The van der Waals surface area contributed by atoms with Gasteiger partial charge in [-0.15, -0.1) is 0 Å². The molecule has 1 aliphatic rings. The highest BCUT2D eigenvalue weighted by Crippen LogP contribution is 2.29. The molecule has 0 saturated carbocycles. The van der Waals surface area contributed by atoms with E-state index in [9.17, 15) is 19.2 Å². The van der Waals surface area contributed by atoms with Crippen LogP contribution in [0.4, 0.5) is 4.79 Å². The first-order valence-corrected chi connectivity index (χ1v) is 10.3. The van der Waals surface area contributed by atoms with E-state index in [0.29, 0.717) is 21.5 Å². The number of hydrogen-bond acceptors (Lipinski definition) is 5. The molecule has 0 spiro atoms. The number of nitrogens with one attached hydrogen (secondary N) is 2. The summed E-state index contributed by atoms with van der Waals surface area (Å²) in [5, 5.41) is 4.48. The van der Waals surface area contributed by atoms with Crippen LogP contribution in [0.15, 0.2) is 79.4 Å². The average molecular weight is 443 g/mol. The molecular formula is C25H21N3O5. The summed E-state index contributed by atoms with van der Waals surface area (Å²) < 4.78 is 4.93. The minimum absolute atomic E-state index is 0.0323. The highest BCUT2D eigenvalue weighted by Gasteiger charge is 2.35. The zero-order valence-corrected chi connectivity index (χ0v) is 17.6. The van der Waals surface area contributed by atoms with Gasteiger partial charge >= 0.3 is 6.09 Å². The van der Waals surface area contributed by atoms with Crippen LogP contribution in [0.2, 0.25) is 0 Å². The number of benzene rings is 3. The van der Waals surface area contributed by atoms with Gasteiger partial charge in [0, 0.05) is 11.8 Å². The third-order valence-corrected chi connectivity index (χ3v) is 5.22. The number of carbonyl (C=O) groups excluding carboxylic acids is 4. The first-order chi connectivity index (χ1) is 16.0. The van der Waals surface area contributed by atoms with Crippen molar-refractivity contribution in [3.63, 3.8) is 0 Å². The third-order valence-electron chi connectivity index (χ3n) is 5.22. The van der Waals surface area contributed by atoms with Crippen LogP contribution in [0.1, 0.15) is 26.3 Å². The van der Waals surface area contributed by atoms with Crippen molar-refractivity contribution in [3.05, 3.63) is 96.1 Å². The predicted octanol–water partition coefficient (Wildman–Crippen LogP) is 2.99. The number of amides is 4. The van der Waals surface area contributed by atoms with Gasteiger partial charge < -0.3 is 10.1 Å². The van der Waals surface area contributed by atoms with Gasteiger partial charge in [0.15, 0.2) is 0 Å². The Morgan fingerprint density at radius 2 is 1.58 bits per heavy atom. The van der Waals surface area contributed by atoms with Crippen LogP contribution in [-0.2, 0) is 16.0 Å². The monoisotopic (exact) mass is 443 g/mol. The Hall–Kier alpha value is -4.46. The SMILES string of the molecule is C=CCOC(=O)N[C@@H](Cc1ccccc1)C(=O)NN1C(=O)c2cccc3cccc(c23)C1=O. The van der Waals surface area contributed by atoms with E-state index >= 15 is 0 Å². The quantitative estimate of drug-likeness (QED) is 0.432. The summed E-state index contributed by atoms with van der Waals surface area (Å²) in [6.45, 7) is 3.44. The van der Waals surface area contributed by atoms with E-state index in [2.05, 4.69) is 17.3 Å². The average Bonchev–Trinajstić information content (AvgIpc) is 2.83. The number of nitrogens with zero attached hydrogens (tertiary/aromatic N) is 1. The normalized spacial score (nSPS) is 13.4. The van der Waals surface area contributed by atoms with Gasteiger partial charge in [0.05, 0.1) is 11.1 Å². The molecule has 0 unspecified atom stereocenters. The Morgan fingerprint density at radius 1 is 0.939 bits per heavy atom.